The zero-order chi connectivity index (χ0) is 26.3. The van der Waals surface area contributed by atoms with Gasteiger partial charge in [0.15, 0.2) is 0 Å². The standard InChI is InChI=1S/C22H18ClN7O5S2/c1-29-9-8-24-19(29)12-2-4-14-15(10-12)27-22(33)30(20(14)31)17-6-3-13(11-25-17)26-21(32)28-37(34,35)18-7-5-16(23)36-18/h2-7,10-11H,8-9H2,1H3,(H,27,33)(H2,26,28,32). The highest BCUT2D eigenvalue weighted by Crippen LogP contribution is 2.25. The summed E-state index contributed by atoms with van der Waals surface area (Å²) in [7, 11) is -2.18. The van der Waals surface area contributed by atoms with E-state index in [0.29, 0.717) is 12.1 Å². The predicted octanol–water partition coefficient (Wildman–Crippen LogP) is 1.99. The van der Waals surface area contributed by atoms with Crippen molar-refractivity contribution in [1.82, 2.24) is 24.2 Å². The molecule has 0 fully saturated rings. The Hall–Kier alpha value is -4.01. The molecule has 0 bridgehead atoms. The zero-order valence-corrected chi connectivity index (χ0v) is 21.4. The van der Waals surface area contributed by atoms with Crippen LogP contribution >= 0.6 is 22.9 Å². The van der Waals surface area contributed by atoms with Crippen LogP contribution in [0.25, 0.3) is 16.7 Å². The molecule has 15 heteroatoms. The number of nitrogens with zero attached hydrogens (tertiary/aromatic N) is 4. The van der Waals surface area contributed by atoms with E-state index >= 15 is 0 Å². The molecule has 5 rings (SSSR count). The van der Waals surface area contributed by atoms with Crippen molar-refractivity contribution in [3.63, 3.8) is 0 Å². The van der Waals surface area contributed by atoms with Crippen molar-refractivity contribution >= 4 is 61.4 Å². The summed E-state index contributed by atoms with van der Waals surface area (Å²) >= 11 is 6.56. The molecule has 0 unspecified atom stereocenters. The minimum Gasteiger partial charge on any atom is -0.358 e. The number of nitrogens with one attached hydrogen (secondary N) is 3. The maximum Gasteiger partial charge on any atom is 0.334 e. The average molecular weight is 560 g/mol. The maximum absolute atomic E-state index is 13.1. The summed E-state index contributed by atoms with van der Waals surface area (Å²) < 4.78 is 27.4. The minimum absolute atomic E-state index is 0.0175. The molecule has 0 saturated heterocycles. The number of aromatic nitrogens is 3. The van der Waals surface area contributed by atoms with Crippen LogP contribution in [0.4, 0.5) is 10.5 Å². The fourth-order valence-corrected chi connectivity index (χ4v) is 6.16. The van der Waals surface area contributed by atoms with Crippen LogP contribution in [-0.2, 0) is 10.0 Å². The molecule has 190 valence electrons. The van der Waals surface area contributed by atoms with Crippen LogP contribution in [0.1, 0.15) is 5.56 Å². The molecule has 1 aliphatic rings. The molecule has 4 heterocycles. The van der Waals surface area contributed by atoms with Crippen molar-refractivity contribution in [3.8, 4) is 5.82 Å². The van der Waals surface area contributed by atoms with Crippen molar-refractivity contribution < 1.29 is 13.2 Å². The third kappa shape index (κ3) is 4.85. The molecular weight excluding hydrogens is 542 g/mol. The van der Waals surface area contributed by atoms with Crippen LogP contribution in [0.5, 0.6) is 0 Å². The van der Waals surface area contributed by atoms with Gasteiger partial charge in [-0.25, -0.2) is 32.3 Å². The number of benzene rings is 1. The first-order valence-corrected chi connectivity index (χ1v) is 13.4. The van der Waals surface area contributed by atoms with E-state index in [2.05, 4.69) is 20.3 Å². The maximum atomic E-state index is 13.1. The molecule has 3 aromatic heterocycles. The van der Waals surface area contributed by atoms with Gasteiger partial charge in [0.1, 0.15) is 15.9 Å². The molecule has 4 aromatic rings. The van der Waals surface area contributed by atoms with E-state index in [1.54, 1.807) is 18.2 Å². The first-order valence-electron chi connectivity index (χ1n) is 10.7. The second kappa shape index (κ2) is 9.46. The van der Waals surface area contributed by atoms with Gasteiger partial charge in [0.05, 0.1) is 33.7 Å². The molecule has 0 saturated carbocycles. The van der Waals surface area contributed by atoms with Crippen molar-refractivity contribution in [1.29, 1.82) is 0 Å². The van der Waals surface area contributed by atoms with E-state index in [4.69, 9.17) is 11.6 Å². The Balaban J connectivity index is 1.37. The molecule has 1 aliphatic heterocycles. The molecule has 3 N–H and O–H groups in total. The zero-order valence-electron chi connectivity index (χ0n) is 19.1. The van der Waals surface area contributed by atoms with Crippen molar-refractivity contribution in [2.75, 3.05) is 25.5 Å². The number of carbonyl (C=O) groups is 1. The van der Waals surface area contributed by atoms with Gasteiger partial charge in [-0.1, -0.05) is 17.7 Å². The number of urea groups is 1. The molecule has 0 radical (unpaired) electrons. The number of aromatic amines is 1. The van der Waals surface area contributed by atoms with Gasteiger partial charge in [0.2, 0.25) is 0 Å². The van der Waals surface area contributed by atoms with E-state index in [-0.39, 0.29) is 25.4 Å². The Kier molecular flexibility index (Phi) is 6.31. The molecule has 12 nitrogen and oxygen atoms in total. The normalized spacial score (nSPS) is 13.6. The summed E-state index contributed by atoms with van der Waals surface area (Å²) in [6.45, 7) is 1.47. The first kappa shape index (κ1) is 24.7. The summed E-state index contributed by atoms with van der Waals surface area (Å²) in [6.07, 6.45) is 1.19. The van der Waals surface area contributed by atoms with Crippen molar-refractivity contribution in [2.24, 2.45) is 4.99 Å². The van der Waals surface area contributed by atoms with Gasteiger partial charge in [0, 0.05) is 19.2 Å². The van der Waals surface area contributed by atoms with Gasteiger partial charge in [-0.2, -0.15) is 0 Å². The van der Waals surface area contributed by atoms with E-state index in [9.17, 15) is 22.8 Å². The minimum atomic E-state index is -4.10. The summed E-state index contributed by atoms with van der Waals surface area (Å²) in [4.78, 5) is 51.3. The fourth-order valence-electron chi connectivity index (χ4n) is 3.77. The Morgan fingerprint density at radius 2 is 1.97 bits per heavy atom. The van der Waals surface area contributed by atoms with Crippen LogP contribution in [0.2, 0.25) is 4.34 Å². The van der Waals surface area contributed by atoms with E-state index in [0.717, 1.165) is 33.8 Å². The second-order valence-corrected chi connectivity index (χ2v) is 11.6. The molecule has 0 aliphatic carbocycles. The van der Waals surface area contributed by atoms with Crippen molar-refractivity contribution in [2.45, 2.75) is 4.21 Å². The van der Waals surface area contributed by atoms with Gasteiger partial charge in [-0.15, -0.1) is 11.3 Å². The lowest BCUT2D eigenvalue weighted by atomic mass is 10.1. The quantitative estimate of drug-likeness (QED) is 0.337. The molecular formula is C22H18ClN7O5S2. The molecule has 1 aromatic carbocycles. The first-order chi connectivity index (χ1) is 17.6. The van der Waals surface area contributed by atoms with Crippen LogP contribution in [-0.4, -0.2) is 59.9 Å². The summed E-state index contributed by atoms with van der Waals surface area (Å²) in [6, 6.07) is 9.49. The number of hydrogen-bond acceptors (Lipinski definition) is 9. The second-order valence-electron chi connectivity index (χ2n) is 7.98. The highest BCUT2D eigenvalue weighted by atomic mass is 35.5. The van der Waals surface area contributed by atoms with E-state index in [1.165, 1.54) is 30.5 Å². The Bertz CT molecular complexity index is 1790. The lowest BCUT2D eigenvalue weighted by Crippen LogP contribution is -2.35. The number of likely N-dealkylation sites (N-methyl/N-ethyl adjacent to an activating group) is 1. The van der Waals surface area contributed by atoms with E-state index in [1.807, 2.05) is 16.7 Å². The average Bonchev–Trinajstić information content (AvgIpc) is 3.48. The number of pyridine rings is 1. The van der Waals surface area contributed by atoms with Gasteiger partial charge in [-0.3, -0.25) is 9.79 Å². The highest BCUT2D eigenvalue weighted by molar-refractivity contribution is 7.92. The summed E-state index contributed by atoms with van der Waals surface area (Å²) in [5.41, 5.74) is 0.0324. The third-order valence-corrected chi connectivity index (χ3v) is 8.54. The number of carbonyl (C=O) groups excluding carboxylic acids is 1. The predicted molar refractivity (Wildman–Crippen MR) is 141 cm³/mol. The van der Waals surface area contributed by atoms with E-state index < -0.39 is 27.3 Å². The smallest absolute Gasteiger partial charge is 0.334 e. The topological polar surface area (TPSA) is 159 Å². The monoisotopic (exact) mass is 559 g/mol. The van der Waals surface area contributed by atoms with Gasteiger partial charge < -0.3 is 15.2 Å². The molecule has 37 heavy (non-hydrogen) atoms. The number of H-pyrrole nitrogens is 1. The molecule has 2 amide bonds. The highest BCUT2D eigenvalue weighted by Gasteiger charge is 2.20. The number of aliphatic imine (C=N–C) groups is 1. The van der Waals surface area contributed by atoms with Crippen LogP contribution in [0.15, 0.2) is 67.5 Å². The van der Waals surface area contributed by atoms with Crippen LogP contribution in [0.3, 0.4) is 0 Å². The summed E-state index contributed by atoms with van der Waals surface area (Å²) in [5.74, 6) is 0.802. The number of amides is 2. The number of halogens is 1. The van der Waals surface area contributed by atoms with Gasteiger partial charge in [0.25, 0.3) is 15.6 Å². The largest absolute Gasteiger partial charge is 0.358 e. The number of sulfonamides is 1. The third-order valence-electron chi connectivity index (χ3n) is 5.49. The van der Waals surface area contributed by atoms with Crippen LogP contribution in [0, 0.1) is 0 Å². The SMILES string of the molecule is CN1CCN=C1c1ccc2c(=O)n(-c3ccc(NC(=O)NS(=O)(=O)c4ccc(Cl)s4)cn3)c(=O)[nH]c2c1. The number of fused-ring (bicyclic) bond motifs is 1. The number of thiophene rings is 1. The number of rotatable bonds is 5. The van der Waals surface area contributed by atoms with Crippen LogP contribution < -0.4 is 21.3 Å². The Morgan fingerprint density at radius 1 is 1.16 bits per heavy atom. The van der Waals surface area contributed by atoms with Gasteiger partial charge in [-0.05, 0) is 36.4 Å². The van der Waals surface area contributed by atoms with Crippen molar-refractivity contribution in [3.05, 3.63) is 79.4 Å². The summed E-state index contributed by atoms with van der Waals surface area (Å²) in [5, 5.41) is 2.62. The van der Waals surface area contributed by atoms with Gasteiger partial charge >= 0.3 is 11.7 Å². The lowest BCUT2D eigenvalue weighted by Gasteiger charge is -2.14. The number of anilines is 1. The number of amidine groups is 1. The Morgan fingerprint density at radius 3 is 2.62 bits per heavy atom. The molecule has 0 spiro atoms. The molecule has 0 atom stereocenters. The number of hydrogen-bond donors (Lipinski definition) is 3. The lowest BCUT2D eigenvalue weighted by molar-refractivity contribution is 0.256. The fraction of sp³-hybridized carbons (Fsp3) is 0.136. The Labute approximate surface area is 218 Å².